The molecule has 82 valence electrons. The number of nitrogens with one attached hydrogen (secondary N) is 1. The monoisotopic (exact) mass is 198 g/mol. The first-order valence-corrected chi connectivity index (χ1v) is 5.87. The summed E-state index contributed by atoms with van der Waals surface area (Å²) < 4.78 is 5.47. The van der Waals surface area contributed by atoms with Gasteiger partial charge in [-0.25, -0.2) is 0 Å². The number of ether oxygens (including phenoxy) is 1. The Labute approximate surface area is 86.8 Å². The molecule has 0 spiro atoms. The van der Waals surface area contributed by atoms with Gasteiger partial charge in [0.05, 0.1) is 6.61 Å². The van der Waals surface area contributed by atoms with Gasteiger partial charge in [-0.05, 0) is 25.4 Å². The predicted molar refractivity (Wildman–Crippen MR) is 57.4 cm³/mol. The molecular weight excluding hydrogens is 176 g/mol. The van der Waals surface area contributed by atoms with Crippen molar-refractivity contribution in [2.24, 2.45) is 5.92 Å². The first-order chi connectivity index (χ1) is 6.83. The molecule has 3 heteroatoms. The molecule has 0 bridgehead atoms. The Balaban J connectivity index is 1.96. The minimum absolute atomic E-state index is 0.673. The highest BCUT2D eigenvalue weighted by molar-refractivity contribution is 4.90. The highest BCUT2D eigenvalue weighted by Crippen LogP contribution is 2.21. The van der Waals surface area contributed by atoms with Gasteiger partial charge in [0.1, 0.15) is 0 Å². The highest BCUT2D eigenvalue weighted by Gasteiger charge is 2.33. The molecule has 2 aliphatic rings. The van der Waals surface area contributed by atoms with E-state index in [0.29, 0.717) is 6.04 Å². The summed E-state index contributed by atoms with van der Waals surface area (Å²) in [6.45, 7) is 10.0. The molecule has 2 heterocycles. The maximum absolute atomic E-state index is 5.47. The molecule has 14 heavy (non-hydrogen) atoms. The van der Waals surface area contributed by atoms with Crippen LogP contribution in [0.4, 0.5) is 0 Å². The molecule has 0 amide bonds. The molecule has 1 N–H and O–H groups in total. The van der Waals surface area contributed by atoms with Crippen LogP contribution in [0.3, 0.4) is 0 Å². The molecule has 0 aromatic rings. The van der Waals surface area contributed by atoms with Gasteiger partial charge in [-0.3, -0.25) is 4.90 Å². The Morgan fingerprint density at radius 1 is 1.43 bits per heavy atom. The molecule has 0 aliphatic carbocycles. The third-order valence-electron chi connectivity index (χ3n) is 3.64. The average Bonchev–Trinajstić information content (AvgIpc) is 2.80. The van der Waals surface area contributed by atoms with E-state index in [1.807, 2.05) is 0 Å². The fraction of sp³-hybridized carbons (Fsp3) is 1.00. The van der Waals surface area contributed by atoms with Crippen LogP contribution >= 0.6 is 0 Å². The molecule has 2 aliphatic heterocycles. The van der Waals surface area contributed by atoms with E-state index >= 15 is 0 Å². The van der Waals surface area contributed by atoms with Crippen LogP contribution in [0.1, 0.15) is 20.3 Å². The van der Waals surface area contributed by atoms with Crippen LogP contribution in [-0.4, -0.2) is 49.8 Å². The van der Waals surface area contributed by atoms with E-state index in [-0.39, 0.29) is 0 Å². The van der Waals surface area contributed by atoms with Gasteiger partial charge in [-0.15, -0.1) is 0 Å². The third-order valence-corrected chi connectivity index (χ3v) is 3.64. The summed E-state index contributed by atoms with van der Waals surface area (Å²) in [5.41, 5.74) is 0. The van der Waals surface area contributed by atoms with Crippen LogP contribution in [0.15, 0.2) is 0 Å². The van der Waals surface area contributed by atoms with Crippen LogP contribution in [-0.2, 0) is 4.74 Å². The largest absolute Gasteiger partial charge is 0.380 e. The van der Waals surface area contributed by atoms with Gasteiger partial charge in [0.15, 0.2) is 0 Å². The molecule has 2 fully saturated rings. The normalized spacial score (nSPS) is 38.4. The molecule has 2 saturated heterocycles. The molecular formula is C11H22N2O. The summed E-state index contributed by atoms with van der Waals surface area (Å²) in [6, 6.07) is 1.40. The van der Waals surface area contributed by atoms with Gasteiger partial charge in [0, 0.05) is 25.2 Å². The Kier molecular flexibility index (Phi) is 3.42. The van der Waals surface area contributed by atoms with E-state index in [1.165, 1.54) is 13.0 Å². The molecule has 0 saturated carbocycles. The van der Waals surface area contributed by atoms with Gasteiger partial charge < -0.3 is 10.1 Å². The number of likely N-dealkylation sites (N-methyl/N-ethyl adjacent to an activating group) is 1. The number of hydrogen-bond acceptors (Lipinski definition) is 3. The minimum Gasteiger partial charge on any atom is -0.380 e. The smallest absolute Gasteiger partial charge is 0.0622 e. The molecule has 3 nitrogen and oxygen atoms in total. The third kappa shape index (κ3) is 1.95. The molecule has 3 unspecified atom stereocenters. The lowest BCUT2D eigenvalue weighted by atomic mass is 10.0. The molecule has 3 atom stereocenters. The summed E-state index contributed by atoms with van der Waals surface area (Å²) in [5, 5.41) is 3.48. The maximum Gasteiger partial charge on any atom is 0.0622 e. The van der Waals surface area contributed by atoms with Crippen LogP contribution in [0.5, 0.6) is 0 Å². The van der Waals surface area contributed by atoms with E-state index in [2.05, 4.69) is 24.1 Å². The average molecular weight is 198 g/mol. The van der Waals surface area contributed by atoms with Crippen molar-refractivity contribution in [3.8, 4) is 0 Å². The van der Waals surface area contributed by atoms with Crippen molar-refractivity contribution in [1.82, 2.24) is 10.2 Å². The summed E-state index contributed by atoms with van der Waals surface area (Å²) in [7, 11) is 0. The second-order valence-electron chi connectivity index (χ2n) is 4.55. The lowest BCUT2D eigenvalue weighted by Crippen LogP contribution is -2.46. The van der Waals surface area contributed by atoms with Crippen molar-refractivity contribution in [2.75, 3.05) is 32.8 Å². The Morgan fingerprint density at radius 2 is 2.29 bits per heavy atom. The fourth-order valence-electron chi connectivity index (χ4n) is 2.79. The van der Waals surface area contributed by atoms with E-state index in [9.17, 15) is 0 Å². The maximum atomic E-state index is 5.47. The van der Waals surface area contributed by atoms with E-state index < -0.39 is 0 Å². The zero-order valence-corrected chi connectivity index (χ0v) is 9.33. The Bertz CT molecular complexity index is 180. The molecule has 0 aromatic heterocycles. The van der Waals surface area contributed by atoms with Crippen molar-refractivity contribution >= 4 is 0 Å². The Morgan fingerprint density at radius 3 is 2.79 bits per heavy atom. The van der Waals surface area contributed by atoms with Crippen LogP contribution < -0.4 is 5.32 Å². The predicted octanol–water partition coefficient (Wildman–Crippen LogP) is 0.705. The minimum atomic E-state index is 0.673. The van der Waals surface area contributed by atoms with Gasteiger partial charge in [0.2, 0.25) is 0 Å². The highest BCUT2D eigenvalue weighted by atomic mass is 16.5. The van der Waals surface area contributed by atoms with Crippen molar-refractivity contribution in [3.05, 3.63) is 0 Å². The summed E-state index contributed by atoms with van der Waals surface area (Å²) in [4.78, 5) is 2.64. The summed E-state index contributed by atoms with van der Waals surface area (Å²) >= 11 is 0. The molecule has 0 radical (unpaired) electrons. The number of rotatable bonds is 3. The summed E-state index contributed by atoms with van der Waals surface area (Å²) in [6.07, 6.45) is 1.22. The SMILES string of the molecule is CCN(C1CCOC1)C1CNCC1C. The fourth-order valence-corrected chi connectivity index (χ4v) is 2.79. The second-order valence-corrected chi connectivity index (χ2v) is 4.55. The van der Waals surface area contributed by atoms with Crippen LogP contribution in [0.25, 0.3) is 0 Å². The number of hydrogen-bond donors (Lipinski definition) is 1. The first kappa shape index (κ1) is 10.4. The van der Waals surface area contributed by atoms with E-state index in [1.54, 1.807) is 0 Å². The van der Waals surface area contributed by atoms with Gasteiger partial charge in [-0.2, -0.15) is 0 Å². The topological polar surface area (TPSA) is 24.5 Å². The first-order valence-electron chi connectivity index (χ1n) is 5.87. The van der Waals surface area contributed by atoms with Crippen LogP contribution in [0.2, 0.25) is 0 Å². The van der Waals surface area contributed by atoms with Crippen molar-refractivity contribution in [2.45, 2.75) is 32.4 Å². The standard InChI is InChI=1S/C11H22N2O/c1-3-13(10-4-5-14-8-10)11-7-12-6-9(11)2/h9-12H,3-8H2,1-2H3. The lowest BCUT2D eigenvalue weighted by Gasteiger charge is -2.34. The van der Waals surface area contributed by atoms with E-state index in [0.717, 1.165) is 38.3 Å². The van der Waals surface area contributed by atoms with Crippen molar-refractivity contribution in [3.63, 3.8) is 0 Å². The van der Waals surface area contributed by atoms with Gasteiger partial charge >= 0.3 is 0 Å². The molecule has 0 aromatic carbocycles. The zero-order valence-electron chi connectivity index (χ0n) is 9.33. The van der Waals surface area contributed by atoms with E-state index in [4.69, 9.17) is 4.74 Å². The molecule has 2 rings (SSSR count). The quantitative estimate of drug-likeness (QED) is 0.722. The van der Waals surface area contributed by atoms with Crippen LogP contribution in [0, 0.1) is 5.92 Å². The zero-order chi connectivity index (χ0) is 9.97. The Hall–Kier alpha value is -0.120. The summed E-state index contributed by atoms with van der Waals surface area (Å²) in [5.74, 6) is 0.788. The van der Waals surface area contributed by atoms with Gasteiger partial charge in [-0.1, -0.05) is 13.8 Å². The van der Waals surface area contributed by atoms with Crippen molar-refractivity contribution < 1.29 is 4.74 Å². The van der Waals surface area contributed by atoms with Gasteiger partial charge in [0.25, 0.3) is 0 Å². The number of nitrogens with zero attached hydrogens (tertiary/aromatic N) is 1. The lowest BCUT2D eigenvalue weighted by molar-refractivity contribution is 0.104. The second kappa shape index (κ2) is 4.60. The van der Waals surface area contributed by atoms with Crippen molar-refractivity contribution in [1.29, 1.82) is 0 Å².